The second kappa shape index (κ2) is 6.71. The number of hydrogen-bond donors (Lipinski definition) is 1. The average Bonchev–Trinajstić information content (AvgIpc) is 2.76. The zero-order chi connectivity index (χ0) is 13.0. The van der Waals surface area contributed by atoms with E-state index in [0.717, 1.165) is 33.5 Å². The highest BCUT2D eigenvalue weighted by Crippen LogP contribution is 2.30. The minimum absolute atomic E-state index is 0.0644. The molecule has 4 heteroatoms. The molecule has 2 unspecified atom stereocenters. The van der Waals surface area contributed by atoms with Crippen LogP contribution in [0, 0.1) is 11.8 Å². The quantitative estimate of drug-likeness (QED) is 0.868. The SMILES string of the molecule is CC1CCCC(CCNC(=O)c2ccc(Br)s2)C1. The van der Waals surface area contributed by atoms with E-state index in [1.54, 1.807) is 0 Å². The van der Waals surface area contributed by atoms with E-state index in [4.69, 9.17) is 0 Å². The summed E-state index contributed by atoms with van der Waals surface area (Å²) in [6, 6.07) is 3.79. The van der Waals surface area contributed by atoms with Crippen LogP contribution >= 0.6 is 27.3 Å². The third-order valence-electron chi connectivity index (χ3n) is 3.68. The zero-order valence-corrected chi connectivity index (χ0v) is 13.1. The molecule has 100 valence electrons. The van der Waals surface area contributed by atoms with Crippen molar-refractivity contribution in [3.05, 3.63) is 20.8 Å². The van der Waals surface area contributed by atoms with Crippen LogP contribution in [-0.4, -0.2) is 12.5 Å². The van der Waals surface area contributed by atoms with E-state index in [0.29, 0.717) is 0 Å². The minimum Gasteiger partial charge on any atom is -0.351 e. The predicted molar refractivity (Wildman–Crippen MR) is 80.1 cm³/mol. The van der Waals surface area contributed by atoms with Crippen molar-refractivity contribution in [2.24, 2.45) is 11.8 Å². The smallest absolute Gasteiger partial charge is 0.261 e. The number of hydrogen-bond acceptors (Lipinski definition) is 2. The maximum Gasteiger partial charge on any atom is 0.261 e. The summed E-state index contributed by atoms with van der Waals surface area (Å²) in [7, 11) is 0. The van der Waals surface area contributed by atoms with E-state index < -0.39 is 0 Å². The first-order valence-corrected chi connectivity index (χ1v) is 8.29. The van der Waals surface area contributed by atoms with Gasteiger partial charge in [-0.05, 0) is 52.7 Å². The van der Waals surface area contributed by atoms with Gasteiger partial charge in [0.25, 0.3) is 5.91 Å². The van der Waals surface area contributed by atoms with Gasteiger partial charge in [-0.2, -0.15) is 0 Å². The van der Waals surface area contributed by atoms with Gasteiger partial charge in [0.1, 0.15) is 0 Å². The maximum atomic E-state index is 11.8. The molecule has 18 heavy (non-hydrogen) atoms. The maximum absolute atomic E-state index is 11.8. The minimum atomic E-state index is 0.0644. The highest BCUT2D eigenvalue weighted by atomic mass is 79.9. The third-order valence-corrected chi connectivity index (χ3v) is 5.30. The molecule has 1 N–H and O–H groups in total. The first-order valence-electron chi connectivity index (χ1n) is 6.68. The second-order valence-corrected chi connectivity index (χ2v) is 7.75. The molecule has 2 rings (SSSR count). The standard InChI is InChI=1S/C14H20BrNOS/c1-10-3-2-4-11(9-10)7-8-16-14(17)12-5-6-13(15)18-12/h5-6,10-11H,2-4,7-9H2,1H3,(H,16,17). The summed E-state index contributed by atoms with van der Waals surface area (Å²) in [4.78, 5) is 12.6. The van der Waals surface area contributed by atoms with Crippen molar-refractivity contribution in [1.29, 1.82) is 0 Å². The van der Waals surface area contributed by atoms with Crippen molar-refractivity contribution in [2.75, 3.05) is 6.54 Å². The summed E-state index contributed by atoms with van der Waals surface area (Å²) in [5.41, 5.74) is 0. The van der Waals surface area contributed by atoms with Crippen LogP contribution in [0.25, 0.3) is 0 Å². The topological polar surface area (TPSA) is 29.1 Å². The predicted octanol–water partition coefficient (Wildman–Crippen LogP) is 4.46. The molecule has 1 amide bonds. The molecule has 1 aromatic rings. The molecule has 2 atom stereocenters. The molecule has 0 saturated heterocycles. The fraction of sp³-hybridized carbons (Fsp3) is 0.643. The molecular formula is C14H20BrNOS. The monoisotopic (exact) mass is 329 g/mol. The van der Waals surface area contributed by atoms with Gasteiger partial charge >= 0.3 is 0 Å². The summed E-state index contributed by atoms with van der Waals surface area (Å²) in [5, 5.41) is 3.03. The Labute approximate surface area is 121 Å². The van der Waals surface area contributed by atoms with Gasteiger partial charge in [-0.25, -0.2) is 0 Å². The zero-order valence-electron chi connectivity index (χ0n) is 10.7. The second-order valence-electron chi connectivity index (χ2n) is 5.29. The average molecular weight is 330 g/mol. The Bertz CT molecular complexity index is 404. The van der Waals surface area contributed by atoms with Crippen LogP contribution in [0.5, 0.6) is 0 Å². The first-order chi connectivity index (χ1) is 8.65. The molecule has 2 nitrogen and oxygen atoms in total. The largest absolute Gasteiger partial charge is 0.351 e. The molecule has 0 aliphatic heterocycles. The Hall–Kier alpha value is -0.350. The van der Waals surface area contributed by atoms with Gasteiger partial charge in [0.15, 0.2) is 0 Å². The van der Waals surface area contributed by atoms with Crippen molar-refractivity contribution < 1.29 is 4.79 Å². The Morgan fingerprint density at radius 2 is 2.33 bits per heavy atom. The van der Waals surface area contributed by atoms with E-state index in [2.05, 4.69) is 28.2 Å². The summed E-state index contributed by atoms with van der Waals surface area (Å²) >= 11 is 4.86. The van der Waals surface area contributed by atoms with E-state index in [1.165, 1.54) is 37.0 Å². The summed E-state index contributed by atoms with van der Waals surface area (Å²) in [6.07, 6.45) is 6.54. The van der Waals surface area contributed by atoms with E-state index in [-0.39, 0.29) is 5.91 Å². The van der Waals surface area contributed by atoms with Gasteiger partial charge in [-0.1, -0.05) is 26.2 Å². The molecule has 0 aromatic carbocycles. The number of nitrogens with one attached hydrogen (secondary N) is 1. The van der Waals surface area contributed by atoms with Crippen LogP contribution in [0.4, 0.5) is 0 Å². The summed E-state index contributed by atoms with van der Waals surface area (Å²) < 4.78 is 1.01. The normalized spacial score (nSPS) is 23.9. The number of rotatable bonds is 4. The lowest BCUT2D eigenvalue weighted by molar-refractivity contribution is 0.0953. The molecule has 0 radical (unpaired) electrons. The van der Waals surface area contributed by atoms with Gasteiger partial charge in [-0.3, -0.25) is 4.79 Å². The summed E-state index contributed by atoms with van der Waals surface area (Å²) in [5.74, 6) is 1.74. The number of carbonyl (C=O) groups is 1. The van der Waals surface area contributed by atoms with Crippen molar-refractivity contribution in [2.45, 2.75) is 39.0 Å². The number of halogens is 1. The highest BCUT2D eigenvalue weighted by Gasteiger charge is 2.18. The fourth-order valence-corrected chi connectivity index (χ4v) is 4.04. The van der Waals surface area contributed by atoms with Gasteiger partial charge in [0.2, 0.25) is 0 Å². The van der Waals surface area contributed by atoms with Crippen LogP contribution in [0.2, 0.25) is 0 Å². The van der Waals surface area contributed by atoms with Crippen LogP contribution < -0.4 is 5.32 Å². The van der Waals surface area contributed by atoms with Gasteiger partial charge < -0.3 is 5.32 Å². The van der Waals surface area contributed by atoms with E-state index >= 15 is 0 Å². The third kappa shape index (κ3) is 4.09. The molecule has 1 heterocycles. The van der Waals surface area contributed by atoms with Gasteiger partial charge in [0, 0.05) is 6.54 Å². The Balaban J connectivity index is 1.70. The number of thiophene rings is 1. The van der Waals surface area contributed by atoms with Crippen molar-refractivity contribution in [3.63, 3.8) is 0 Å². The number of carbonyl (C=O) groups excluding carboxylic acids is 1. The van der Waals surface area contributed by atoms with E-state index in [9.17, 15) is 4.79 Å². The van der Waals surface area contributed by atoms with Crippen molar-refractivity contribution in [1.82, 2.24) is 5.32 Å². The highest BCUT2D eigenvalue weighted by molar-refractivity contribution is 9.11. The number of amides is 1. The molecule has 1 saturated carbocycles. The van der Waals surface area contributed by atoms with Gasteiger partial charge in [0.05, 0.1) is 8.66 Å². The van der Waals surface area contributed by atoms with Crippen molar-refractivity contribution >= 4 is 33.2 Å². The molecule has 1 aliphatic rings. The first kappa shape index (κ1) is 14.1. The molecule has 1 fully saturated rings. The lowest BCUT2D eigenvalue weighted by Crippen LogP contribution is -2.26. The molecule has 1 aliphatic carbocycles. The van der Waals surface area contributed by atoms with Crippen LogP contribution in [-0.2, 0) is 0 Å². The Morgan fingerprint density at radius 1 is 1.50 bits per heavy atom. The molecule has 0 spiro atoms. The lowest BCUT2D eigenvalue weighted by Gasteiger charge is -2.26. The lowest BCUT2D eigenvalue weighted by atomic mass is 9.81. The summed E-state index contributed by atoms with van der Waals surface area (Å²) in [6.45, 7) is 3.15. The van der Waals surface area contributed by atoms with Gasteiger partial charge in [-0.15, -0.1) is 11.3 Å². The molecular weight excluding hydrogens is 310 g/mol. The molecule has 0 bridgehead atoms. The van der Waals surface area contributed by atoms with Crippen LogP contribution in [0.3, 0.4) is 0 Å². The van der Waals surface area contributed by atoms with E-state index in [1.807, 2.05) is 12.1 Å². The fourth-order valence-electron chi connectivity index (χ4n) is 2.74. The van der Waals surface area contributed by atoms with Crippen molar-refractivity contribution in [3.8, 4) is 0 Å². The van der Waals surface area contributed by atoms with Crippen LogP contribution in [0.1, 0.15) is 48.7 Å². The Kier molecular flexibility index (Phi) is 5.25. The Morgan fingerprint density at radius 3 is 3.00 bits per heavy atom. The molecule has 1 aromatic heterocycles. The van der Waals surface area contributed by atoms with Crippen LogP contribution in [0.15, 0.2) is 15.9 Å².